The van der Waals surface area contributed by atoms with Gasteiger partial charge in [-0.2, -0.15) is 0 Å². The summed E-state index contributed by atoms with van der Waals surface area (Å²) < 4.78 is 13.1. The van der Waals surface area contributed by atoms with E-state index in [1.807, 2.05) is 30.3 Å². The fourth-order valence-corrected chi connectivity index (χ4v) is 2.72. The Bertz CT molecular complexity index is 636. The van der Waals surface area contributed by atoms with Gasteiger partial charge in [-0.3, -0.25) is 4.79 Å². The second-order valence-corrected chi connectivity index (χ2v) is 5.73. The maximum absolute atomic E-state index is 13.1. The molecule has 1 fully saturated rings. The number of halogens is 1. The van der Waals surface area contributed by atoms with E-state index in [-0.39, 0.29) is 29.8 Å². The van der Waals surface area contributed by atoms with Gasteiger partial charge in [0.1, 0.15) is 5.82 Å². The minimum atomic E-state index is -0.364. The topological polar surface area (TPSA) is 49.3 Å². The number of carbonyl (C=O) groups is 1. The minimum Gasteiger partial charge on any atom is -0.393 e. The molecule has 1 aliphatic rings. The Kier molecular flexibility index (Phi) is 4.20. The van der Waals surface area contributed by atoms with Gasteiger partial charge >= 0.3 is 0 Å². The number of aliphatic hydroxyl groups is 1. The molecule has 0 saturated heterocycles. The molecule has 0 bridgehead atoms. The number of hydrogen-bond acceptors (Lipinski definition) is 2. The van der Waals surface area contributed by atoms with Crippen molar-refractivity contribution in [1.29, 1.82) is 0 Å². The lowest BCUT2D eigenvalue weighted by Gasteiger charge is -2.32. The molecule has 2 N–H and O–H groups in total. The summed E-state index contributed by atoms with van der Waals surface area (Å²) in [5, 5.41) is 12.4. The number of rotatable bonds is 4. The highest BCUT2D eigenvalue weighted by molar-refractivity contribution is 5.80. The molecule has 0 aromatic heterocycles. The first-order valence-corrected chi connectivity index (χ1v) is 7.42. The van der Waals surface area contributed by atoms with Crippen molar-refractivity contribution in [1.82, 2.24) is 5.32 Å². The van der Waals surface area contributed by atoms with E-state index < -0.39 is 0 Å². The van der Waals surface area contributed by atoms with Crippen molar-refractivity contribution >= 4 is 5.91 Å². The Morgan fingerprint density at radius 3 is 2.23 bits per heavy atom. The van der Waals surface area contributed by atoms with E-state index in [4.69, 9.17) is 0 Å². The minimum absolute atomic E-state index is 0.0662. The predicted octanol–water partition coefficient (Wildman–Crippen LogP) is 2.80. The molecule has 1 atom stereocenters. The van der Waals surface area contributed by atoms with Gasteiger partial charge in [-0.25, -0.2) is 4.39 Å². The third-order valence-corrected chi connectivity index (χ3v) is 4.11. The molecule has 0 radical (unpaired) electrons. The van der Waals surface area contributed by atoms with Gasteiger partial charge in [-0.1, -0.05) is 42.5 Å². The van der Waals surface area contributed by atoms with Gasteiger partial charge in [-0.15, -0.1) is 0 Å². The van der Waals surface area contributed by atoms with Crippen LogP contribution in [0.15, 0.2) is 54.6 Å². The van der Waals surface area contributed by atoms with Crippen LogP contribution in [-0.4, -0.2) is 17.1 Å². The van der Waals surface area contributed by atoms with E-state index >= 15 is 0 Å². The second kappa shape index (κ2) is 6.28. The van der Waals surface area contributed by atoms with Gasteiger partial charge in [-0.05, 0) is 36.1 Å². The lowest BCUT2D eigenvalue weighted by atomic mass is 9.81. The summed E-state index contributed by atoms with van der Waals surface area (Å²) in [5.41, 5.74) is 1.78. The van der Waals surface area contributed by atoms with Crippen molar-refractivity contribution in [2.75, 3.05) is 0 Å². The van der Waals surface area contributed by atoms with Gasteiger partial charge < -0.3 is 10.4 Å². The maximum atomic E-state index is 13.1. The van der Waals surface area contributed by atoms with Gasteiger partial charge in [0.05, 0.1) is 12.1 Å². The highest BCUT2D eigenvalue weighted by atomic mass is 19.1. The van der Waals surface area contributed by atoms with Crippen LogP contribution in [0.25, 0.3) is 0 Å². The molecule has 3 rings (SSSR count). The van der Waals surface area contributed by atoms with Crippen LogP contribution in [0.5, 0.6) is 0 Å². The zero-order valence-electron chi connectivity index (χ0n) is 12.1. The molecule has 0 heterocycles. The number of benzene rings is 2. The van der Waals surface area contributed by atoms with E-state index in [1.54, 1.807) is 12.1 Å². The molecule has 114 valence electrons. The summed E-state index contributed by atoms with van der Waals surface area (Å²) in [6.45, 7) is 0. The summed E-state index contributed by atoms with van der Waals surface area (Å²) in [6.07, 6.45) is 0.657. The Labute approximate surface area is 128 Å². The molecular weight excluding hydrogens is 281 g/mol. The number of carbonyl (C=O) groups excluding carboxylic acids is 1. The number of amides is 1. The zero-order chi connectivity index (χ0) is 15.5. The van der Waals surface area contributed by atoms with E-state index in [0.717, 1.165) is 11.1 Å². The molecule has 1 amide bonds. The Morgan fingerprint density at radius 2 is 1.64 bits per heavy atom. The van der Waals surface area contributed by atoms with Crippen molar-refractivity contribution in [3.05, 3.63) is 71.5 Å². The Hall–Kier alpha value is -2.20. The summed E-state index contributed by atoms with van der Waals surface area (Å²) >= 11 is 0. The number of nitrogens with one attached hydrogen (secondary N) is 1. The smallest absolute Gasteiger partial charge is 0.224 e. The molecule has 3 nitrogen and oxygen atoms in total. The van der Waals surface area contributed by atoms with Crippen LogP contribution >= 0.6 is 0 Å². The zero-order valence-corrected chi connectivity index (χ0v) is 12.1. The molecule has 0 aliphatic heterocycles. The summed E-state index contributed by atoms with van der Waals surface area (Å²) in [5.74, 6) is -0.505. The third kappa shape index (κ3) is 3.17. The highest BCUT2D eigenvalue weighted by Gasteiger charge is 2.34. The molecule has 2 aromatic rings. The fraction of sp³-hybridized carbons (Fsp3) is 0.278. The number of hydrogen-bond donors (Lipinski definition) is 2. The largest absolute Gasteiger partial charge is 0.393 e. The molecule has 0 spiro atoms. The summed E-state index contributed by atoms with van der Waals surface area (Å²) in [6, 6.07) is 15.4. The molecule has 2 aromatic carbocycles. The van der Waals surface area contributed by atoms with Crippen LogP contribution < -0.4 is 5.32 Å². The molecular formula is C18H18FNO2. The van der Waals surface area contributed by atoms with Crippen molar-refractivity contribution < 1.29 is 14.3 Å². The first-order chi connectivity index (χ1) is 10.6. The van der Waals surface area contributed by atoms with Crippen LogP contribution in [-0.2, 0) is 4.79 Å². The van der Waals surface area contributed by atoms with Gasteiger partial charge in [0.2, 0.25) is 5.91 Å². The normalized spacial score (nSPS) is 21.7. The van der Waals surface area contributed by atoms with Crippen LogP contribution in [0, 0.1) is 11.7 Å². The Balaban J connectivity index is 1.83. The van der Waals surface area contributed by atoms with Crippen LogP contribution in [0.4, 0.5) is 4.39 Å². The van der Waals surface area contributed by atoms with Crippen molar-refractivity contribution in [3.63, 3.8) is 0 Å². The van der Waals surface area contributed by atoms with Crippen LogP contribution in [0.2, 0.25) is 0 Å². The van der Waals surface area contributed by atoms with Crippen molar-refractivity contribution in [2.45, 2.75) is 25.0 Å². The van der Waals surface area contributed by atoms with Crippen molar-refractivity contribution in [3.8, 4) is 0 Å². The van der Waals surface area contributed by atoms with Crippen LogP contribution in [0.3, 0.4) is 0 Å². The van der Waals surface area contributed by atoms with E-state index in [2.05, 4.69) is 5.32 Å². The van der Waals surface area contributed by atoms with Gasteiger partial charge in [0, 0.05) is 5.92 Å². The quantitative estimate of drug-likeness (QED) is 0.912. The molecule has 1 saturated carbocycles. The number of aliphatic hydroxyl groups excluding tert-OH is 1. The van der Waals surface area contributed by atoms with E-state index in [9.17, 15) is 14.3 Å². The first kappa shape index (κ1) is 14.7. The van der Waals surface area contributed by atoms with Gasteiger partial charge in [0.15, 0.2) is 0 Å². The standard InChI is InChI=1S/C18H18FNO2/c19-15-8-6-13(7-9-15)17(12-4-2-1-3-5-12)20-18(22)14-10-16(21)11-14/h1-9,14,16-17,21H,10-11H2,(H,20,22). The lowest BCUT2D eigenvalue weighted by molar-refractivity contribution is -0.131. The lowest BCUT2D eigenvalue weighted by Crippen LogP contribution is -2.42. The highest BCUT2D eigenvalue weighted by Crippen LogP contribution is 2.29. The monoisotopic (exact) mass is 299 g/mol. The first-order valence-electron chi connectivity index (χ1n) is 7.42. The SMILES string of the molecule is O=C(NC(c1ccccc1)c1ccc(F)cc1)C1CC(O)C1. The van der Waals surface area contributed by atoms with E-state index in [1.165, 1.54) is 12.1 Å². The molecule has 4 heteroatoms. The fourth-order valence-electron chi connectivity index (χ4n) is 2.72. The third-order valence-electron chi connectivity index (χ3n) is 4.11. The molecule has 1 unspecified atom stereocenters. The maximum Gasteiger partial charge on any atom is 0.224 e. The molecule has 22 heavy (non-hydrogen) atoms. The summed E-state index contributed by atoms with van der Waals surface area (Å²) in [4.78, 5) is 12.3. The Morgan fingerprint density at radius 1 is 1.05 bits per heavy atom. The average Bonchev–Trinajstić information content (AvgIpc) is 2.51. The van der Waals surface area contributed by atoms with Gasteiger partial charge in [0.25, 0.3) is 0 Å². The summed E-state index contributed by atoms with van der Waals surface area (Å²) in [7, 11) is 0. The molecule has 1 aliphatic carbocycles. The average molecular weight is 299 g/mol. The van der Waals surface area contributed by atoms with Crippen molar-refractivity contribution in [2.24, 2.45) is 5.92 Å². The van der Waals surface area contributed by atoms with E-state index in [0.29, 0.717) is 12.8 Å². The second-order valence-electron chi connectivity index (χ2n) is 5.73. The van der Waals surface area contributed by atoms with Crippen LogP contribution in [0.1, 0.15) is 30.0 Å². The predicted molar refractivity (Wildman–Crippen MR) is 81.6 cm³/mol.